The lowest BCUT2D eigenvalue weighted by atomic mass is 9.72. The van der Waals surface area contributed by atoms with Crippen molar-refractivity contribution in [3.8, 4) is 0 Å². The van der Waals surface area contributed by atoms with Crippen molar-refractivity contribution >= 4 is 0 Å². The number of rotatable bonds is 3. The van der Waals surface area contributed by atoms with Crippen LogP contribution in [0.3, 0.4) is 0 Å². The Balaban J connectivity index is 1.46. The van der Waals surface area contributed by atoms with Gasteiger partial charge in [0.15, 0.2) is 5.82 Å². The Bertz CT molecular complexity index is 629. The van der Waals surface area contributed by atoms with Crippen LogP contribution in [-0.4, -0.2) is 32.1 Å². The van der Waals surface area contributed by atoms with Crippen LogP contribution >= 0.6 is 0 Å². The smallest absolute Gasteiger partial charge is 0.231 e. The van der Waals surface area contributed by atoms with E-state index in [1.165, 1.54) is 19.3 Å². The summed E-state index contributed by atoms with van der Waals surface area (Å²) < 4.78 is 13.2. The van der Waals surface area contributed by atoms with Crippen molar-refractivity contribution in [2.75, 3.05) is 6.61 Å². The summed E-state index contributed by atoms with van der Waals surface area (Å²) in [6.07, 6.45) is 10.1. The molecule has 1 saturated heterocycles. The van der Waals surface area contributed by atoms with E-state index in [-0.39, 0.29) is 5.60 Å². The Kier molecular flexibility index (Phi) is 3.06. The van der Waals surface area contributed by atoms with Crippen LogP contribution in [0.2, 0.25) is 0 Å². The topological polar surface area (TPSA) is 66.0 Å². The minimum atomic E-state index is 0.118. The minimum absolute atomic E-state index is 0.118. The second-order valence-electron chi connectivity index (χ2n) is 6.32. The van der Waals surface area contributed by atoms with E-state index in [0.717, 1.165) is 30.8 Å². The Morgan fingerprint density at radius 2 is 2.33 bits per heavy atom. The minimum Gasteiger partial charge on any atom is -0.375 e. The highest BCUT2D eigenvalue weighted by Crippen LogP contribution is 2.46. The summed E-state index contributed by atoms with van der Waals surface area (Å²) in [5.74, 6) is 1.90. The van der Waals surface area contributed by atoms with Crippen molar-refractivity contribution in [2.24, 2.45) is 7.05 Å². The molecule has 2 aliphatic rings. The van der Waals surface area contributed by atoms with Crippen LogP contribution in [0, 0.1) is 0 Å². The maximum atomic E-state index is 5.96. The monoisotopic (exact) mass is 288 g/mol. The van der Waals surface area contributed by atoms with Gasteiger partial charge in [0.25, 0.3) is 0 Å². The summed E-state index contributed by atoms with van der Waals surface area (Å²) in [6.45, 7) is 0.817. The Morgan fingerprint density at radius 3 is 3.05 bits per heavy atom. The molecule has 2 fully saturated rings. The summed E-state index contributed by atoms with van der Waals surface area (Å²) in [5, 5.41) is 8.36. The molecule has 1 saturated carbocycles. The van der Waals surface area contributed by atoms with E-state index in [9.17, 15) is 0 Å². The standard InChI is InChI=1S/C15H20N4O2/c1-19-10-11(9-16-19)7-13-17-14(18-21-13)12-3-6-20-15(8-12)4-2-5-15/h9-10,12H,2-8H2,1H3. The Labute approximate surface area is 123 Å². The molecule has 0 bridgehead atoms. The van der Waals surface area contributed by atoms with Gasteiger partial charge in [0, 0.05) is 25.8 Å². The first kappa shape index (κ1) is 13.0. The third-order valence-electron chi connectivity index (χ3n) is 4.72. The summed E-state index contributed by atoms with van der Waals surface area (Å²) in [7, 11) is 1.91. The fourth-order valence-electron chi connectivity index (χ4n) is 3.41. The maximum Gasteiger partial charge on any atom is 0.231 e. The predicted molar refractivity (Wildman–Crippen MR) is 74.8 cm³/mol. The summed E-state index contributed by atoms with van der Waals surface area (Å²) in [4.78, 5) is 4.59. The maximum absolute atomic E-state index is 5.96. The molecule has 0 N–H and O–H groups in total. The van der Waals surface area contributed by atoms with Gasteiger partial charge in [-0.05, 0) is 37.7 Å². The molecule has 3 heterocycles. The van der Waals surface area contributed by atoms with E-state index in [2.05, 4.69) is 15.2 Å². The quantitative estimate of drug-likeness (QED) is 0.866. The highest BCUT2D eigenvalue weighted by molar-refractivity contribution is 5.11. The van der Waals surface area contributed by atoms with Crippen LogP contribution in [0.5, 0.6) is 0 Å². The Hall–Kier alpha value is -1.69. The van der Waals surface area contributed by atoms with Crippen LogP contribution < -0.4 is 0 Å². The van der Waals surface area contributed by atoms with Gasteiger partial charge in [0.2, 0.25) is 5.89 Å². The fraction of sp³-hybridized carbons (Fsp3) is 0.667. The van der Waals surface area contributed by atoms with Gasteiger partial charge in [-0.2, -0.15) is 10.1 Å². The molecule has 1 aliphatic heterocycles. The first-order valence-electron chi connectivity index (χ1n) is 7.66. The molecular formula is C15H20N4O2. The van der Waals surface area contributed by atoms with Gasteiger partial charge in [-0.1, -0.05) is 5.16 Å². The predicted octanol–water partition coefficient (Wildman–Crippen LogP) is 2.21. The van der Waals surface area contributed by atoms with Gasteiger partial charge >= 0.3 is 0 Å². The van der Waals surface area contributed by atoms with Crippen LogP contribution in [0.15, 0.2) is 16.9 Å². The van der Waals surface area contributed by atoms with Crippen molar-refractivity contribution in [2.45, 2.75) is 50.0 Å². The number of hydrogen-bond donors (Lipinski definition) is 0. The molecule has 1 spiro atoms. The average molecular weight is 288 g/mol. The molecular weight excluding hydrogens is 268 g/mol. The van der Waals surface area contributed by atoms with Gasteiger partial charge in [-0.25, -0.2) is 0 Å². The molecule has 0 amide bonds. The summed E-state index contributed by atoms with van der Waals surface area (Å²) >= 11 is 0. The molecule has 2 aromatic heterocycles. The SMILES string of the molecule is Cn1cc(Cc2nc(C3CCOC4(CCC4)C3)no2)cn1. The highest BCUT2D eigenvalue weighted by Gasteiger charge is 2.43. The van der Waals surface area contributed by atoms with Gasteiger partial charge in [-0.3, -0.25) is 4.68 Å². The number of nitrogens with zero attached hydrogens (tertiary/aromatic N) is 4. The molecule has 4 rings (SSSR count). The van der Waals surface area contributed by atoms with Crippen LogP contribution in [0.4, 0.5) is 0 Å². The van der Waals surface area contributed by atoms with Crippen LogP contribution in [0.25, 0.3) is 0 Å². The zero-order chi connectivity index (χ0) is 14.3. The van der Waals surface area contributed by atoms with Gasteiger partial charge < -0.3 is 9.26 Å². The molecule has 1 unspecified atom stereocenters. The third kappa shape index (κ3) is 2.48. The molecule has 1 aliphatic carbocycles. The normalized spacial score (nSPS) is 24.1. The van der Waals surface area contributed by atoms with Gasteiger partial charge in [0.1, 0.15) is 0 Å². The largest absolute Gasteiger partial charge is 0.375 e. The first-order valence-corrected chi connectivity index (χ1v) is 7.66. The number of ether oxygens (including phenoxy) is 1. The number of aromatic nitrogens is 4. The lowest BCUT2D eigenvalue weighted by Gasteiger charge is -2.46. The molecule has 21 heavy (non-hydrogen) atoms. The van der Waals surface area contributed by atoms with Gasteiger partial charge in [0.05, 0.1) is 18.2 Å². The number of aryl methyl sites for hydroxylation is 1. The summed E-state index contributed by atoms with van der Waals surface area (Å²) in [5.41, 5.74) is 1.21. The third-order valence-corrected chi connectivity index (χ3v) is 4.72. The van der Waals surface area contributed by atoms with Crippen LogP contribution in [-0.2, 0) is 18.2 Å². The lowest BCUT2D eigenvalue weighted by molar-refractivity contribution is -0.134. The molecule has 0 radical (unpaired) electrons. The molecule has 6 heteroatoms. The number of hydrogen-bond acceptors (Lipinski definition) is 5. The molecule has 112 valence electrons. The van der Waals surface area contributed by atoms with Crippen molar-refractivity contribution in [3.05, 3.63) is 29.7 Å². The van der Waals surface area contributed by atoms with Crippen molar-refractivity contribution in [3.63, 3.8) is 0 Å². The molecule has 1 atom stereocenters. The van der Waals surface area contributed by atoms with Crippen molar-refractivity contribution < 1.29 is 9.26 Å². The van der Waals surface area contributed by atoms with E-state index in [1.54, 1.807) is 4.68 Å². The van der Waals surface area contributed by atoms with E-state index < -0.39 is 0 Å². The molecule has 0 aromatic carbocycles. The van der Waals surface area contributed by atoms with Crippen molar-refractivity contribution in [1.82, 2.24) is 19.9 Å². The zero-order valence-corrected chi connectivity index (χ0v) is 12.3. The van der Waals surface area contributed by atoms with E-state index in [1.807, 2.05) is 19.4 Å². The Morgan fingerprint density at radius 1 is 1.43 bits per heavy atom. The highest BCUT2D eigenvalue weighted by atomic mass is 16.5. The summed E-state index contributed by atoms with van der Waals surface area (Å²) in [6, 6.07) is 0. The second-order valence-corrected chi connectivity index (χ2v) is 6.32. The second kappa shape index (κ2) is 4.94. The lowest BCUT2D eigenvalue weighted by Crippen LogP contribution is -2.45. The van der Waals surface area contributed by atoms with E-state index >= 15 is 0 Å². The van der Waals surface area contributed by atoms with E-state index in [4.69, 9.17) is 9.26 Å². The van der Waals surface area contributed by atoms with E-state index in [0.29, 0.717) is 18.2 Å². The molecule has 6 nitrogen and oxygen atoms in total. The molecule has 2 aromatic rings. The van der Waals surface area contributed by atoms with Gasteiger partial charge in [-0.15, -0.1) is 0 Å². The zero-order valence-electron chi connectivity index (χ0n) is 12.3. The fourth-order valence-corrected chi connectivity index (χ4v) is 3.41. The first-order chi connectivity index (χ1) is 10.2. The van der Waals surface area contributed by atoms with Crippen molar-refractivity contribution in [1.29, 1.82) is 0 Å². The van der Waals surface area contributed by atoms with Crippen LogP contribution in [0.1, 0.15) is 55.3 Å². The average Bonchev–Trinajstić information content (AvgIpc) is 3.07.